The van der Waals surface area contributed by atoms with E-state index in [9.17, 15) is 19.1 Å². The molecule has 5 nitrogen and oxygen atoms in total. The number of benzene rings is 1. The summed E-state index contributed by atoms with van der Waals surface area (Å²) in [6.45, 7) is 1.78. The molecule has 0 aliphatic carbocycles. The summed E-state index contributed by atoms with van der Waals surface area (Å²) in [6, 6.07) is 4.93. The summed E-state index contributed by atoms with van der Waals surface area (Å²) >= 11 is 3.24. The number of rotatable bonds is 1. The van der Waals surface area contributed by atoms with Gasteiger partial charge in [-0.2, -0.15) is 4.39 Å². The molecule has 2 rings (SSSR count). The number of hydrogen-bond acceptors (Lipinski definition) is 3. The van der Waals surface area contributed by atoms with Crippen LogP contribution in [0.1, 0.15) is 5.56 Å². The fourth-order valence-corrected chi connectivity index (χ4v) is 1.97. The number of nitrogens with zero attached hydrogens (tertiary/aromatic N) is 1. The van der Waals surface area contributed by atoms with Crippen LogP contribution in [0.4, 0.5) is 4.39 Å². The molecule has 0 amide bonds. The number of aromatic hydroxyl groups is 1. The minimum atomic E-state index is -1.40. The summed E-state index contributed by atoms with van der Waals surface area (Å²) in [5, 5.41) is 9.58. The normalized spacial score (nSPS) is 10.6. The summed E-state index contributed by atoms with van der Waals surface area (Å²) in [6.07, 6.45) is 0. The number of nitrogens with one attached hydrogen (secondary N) is 1. The van der Waals surface area contributed by atoms with Crippen LogP contribution < -0.4 is 11.2 Å². The molecule has 0 fully saturated rings. The van der Waals surface area contributed by atoms with Crippen LogP contribution in [0.5, 0.6) is 5.88 Å². The van der Waals surface area contributed by atoms with Gasteiger partial charge in [0.05, 0.1) is 5.69 Å². The van der Waals surface area contributed by atoms with Crippen LogP contribution in [-0.4, -0.2) is 14.7 Å². The van der Waals surface area contributed by atoms with Gasteiger partial charge in [-0.15, -0.1) is 0 Å². The molecule has 0 saturated heterocycles. The molecule has 1 aromatic heterocycles. The molecule has 0 unspecified atom stereocenters. The van der Waals surface area contributed by atoms with Crippen molar-refractivity contribution in [3.05, 3.63) is 54.9 Å². The van der Waals surface area contributed by atoms with Crippen LogP contribution >= 0.6 is 15.9 Å². The standard InChI is InChI=1S/C11H8BrFN2O3/c1-5-3-2-4-6(7(5)12)15-10(17)8(13)9(16)14-11(15)18/h2-4,17H,1H3,(H,14,16,18). The molecule has 0 spiro atoms. The molecule has 1 aromatic carbocycles. The van der Waals surface area contributed by atoms with E-state index in [1.165, 1.54) is 6.07 Å². The fraction of sp³-hybridized carbons (Fsp3) is 0.0909. The number of halogens is 2. The van der Waals surface area contributed by atoms with Crippen molar-refractivity contribution in [2.75, 3.05) is 0 Å². The van der Waals surface area contributed by atoms with Crippen molar-refractivity contribution in [2.24, 2.45) is 0 Å². The topological polar surface area (TPSA) is 75.1 Å². The van der Waals surface area contributed by atoms with E-state index in [0.717, 1.165) is 5.56 Å². The maximum atomic E-state index is 13.3. The SMILES string of the molecule is Cc1cccc(-n2c(O)c(F)c(=O)[nH]c2=O)c1Br. The summed E-state index contributed by atoms with van der Waals surface area (Å²) in [5.41, 5.74) is -1.12. The zero-order valence-electron chi connectivity index (χ0n) is 9.20. The highest BCUT2D eigenvalue weighted by Gasteiger charge is 2.17. The van der Waals surface area contributed by atoms with Crippen molar-refractivity contribution in [2.45, 2.75) is 6.92 Å². The fourth-order valence-electron chi connectivity index (χ4n) is 1.53. The Morgan fingerprint density at radius 2 is 2.06 bits per heavy atom. The third-order valence-corrected chi connectivity index (χ3v) is 3.48. The lowest BCUT2D eigenvalue weighted by Crippen LogP contribution is -2.31. The molecule has 1 heterocycles. The predicted molar refractivity (Wildman–Crippen MR) is 66.7 cm³/mol. The van der Waals surface area contributed by atoms with Crippen molar-refractivity contribution < 1.29 is 9.50 Å². The molecular formula is C11H8BrFN2O3. The highest BCUT2D eigenvalue weighted by atomic mass is 79.9. The minimum Gasteiger partial charge on any atom is -0.492 e. The van der Waals surface area contributed by atoms with Crippen LogP contribution in [0.2, 0.25) is 0 Å². The van der Waals surface area contributed by atoms with Gasteiger partial charge in [0, 0.05) is 4.47 Å². The Labute approximate surface area is 109 Å². The lowest BCUT2D eigenvalue weighted by atomic mass is 10.2. The Hall–Kier alpha value is -1.89. The molecule has 0 atom stereocenters. The van der Waals surface area contributed by atoms with Gasteiger partial charge < -0.3 is 5.11 Å². The molecule has 94 valence electrons. The zero-order chi connectivity index (χ0) is 13.4. The van der Waals surface area contributed by atoms with E-state index in [1.54, 1.807) is 24.0 Å². The van der Waals surface area contributed by atoms with Crippen molar-refractivity contribution in [1.29, 1.82) is 0 Å². The molecule has 0 aliphatic heterocycles. The molecule has 0 aliphatic rings. The first-order valence-electron chi connectivity index (χ1n) is 4.92. The van der Waals surface area contributed by atoms with Crippen LogP contribution in [-0.2, 0) is 0 Å². The van der Waals surface area contributed by atoms with Gasteiger partial charge >= 0.3 is 5.69 Å². The van der Waals surface area contributed by atoms with E-state index >= 15 is 0 Å². The van der Waals surface area contributed by atoms with Gasteiger partial charge in [-0.1, -0.05) is 12.1 Å². The van der Waals surface area contributed by atoms with Gasteiger partial charge in [0.2, 0.25) is 11.7 Å². The quantitative estimate of drug-likeness (QED) is 0.836. The van der Waals surface area contributed by atoms with Crippen molar-refractivity contribution in [1.82, 2.24) is 9.55 Å². The molecular weight excluding hydrogens is 307 g/mol. The maximum absolute atomic E-state index is 13.3. The Kier molecular flexibility index (Phi) is 3.08. The summed E-state index contributed by atoms with van der Waals surface area (Å²) in [7, 11) is 0. The zero-order valence-corrected chi connectivity index (χ0v) is 10.8. The number of H-pyrrole nitrogens is 1. The molecule has 0 radical (unpaired) electrons. The first kappa shape index (κ1) is 12.6. The third-order valence-electron chi connectivity index (χ3n) is 2.44. The van der Waals surface area contributed by atoms with Gasteiger partial charge in [0.1, 0.15) is 0 Å². The second-order valence-corrected chi connectivity index (χ2v) is 4.43. The van der Waals surface area contributed by atoms with E-state index in [1.807, 2.05) is 0 Å². The molecule has 2 aromatic rings. The summed E-state index contributed by atoms with van der Waals surface area (Å²) < 4.78 is 14.5. The first-order chi connectivity index (χ1) is 8.43. The lowest BCUT2D eigenvalue weighted by molar-refractivity contribution is 0.386. The smallest absolute Gasteiger partial charge is 0.335 e. The van der Waals surface area contributed by atoms with E-state index in [2.05, 4.69) is 15.9 Å². The molecule has 2 N–H and O–H groups in total. The van der Waals surface area contributed by atoms with Crippen LogP contribution in [0, 0.1) is 12.7 Å². The second kappa shape index (κ2) is 4.41. The van der Waals surface area contributed by atoms with E-state index < -0.39 is 22.9 Å². The highest BCUT2D eigenvalue weighted by molar-refractivity contribution is 9.10. The highest BCUT2D eigenvalue weighted by Crippen LogP contribution is 2.26. The Balaban J connectivity index is 2.88. The second-order valence-electron chi connectivity index (χ2n) is 3.64. The summed E-state index contributed by atoms with van der Waals surface area (Å²) in [5.74, 6) is -2.42. The van der Waals surface area contributed by atoms with Crippen LogP contribution in [0.25, 0.3) is 5.69 Å². The number of aromatic nitrogens is 2. The lowest BCUT2D eigenvalue weighted by Gasteiger charge is -2.11. The Bertz CT molecular complexity index is 736. The van der Waals surface area contributed by atoms with Gasteiger partial charge in [-0.3, -0.25) is 9.78 Å². The van der Waals surface area contributed by atoms with Crippen LogP contribution in [0.3, 0.4) is 0 Å². The predicted octanol–water partition coefficient (Wildman–Crippen LogP) is 1.44. The molecule has 0 saturated carbocycles. The Morgan fingerprint density at radius 3 is 2.72 bits per heavy atom. The average molecular weight is 315 g/mol. The molecule has 7 heteroatoms. The van der Waals surface area contributed by atoms with E-state index in [0.29, 0.717) is 9.04 Å². The maximum Gasteiger partial charge on any atom is 0.335 e. The molecule has 18 heavy (non-hydrogen) atoms. The third kappa shape index (κ3) is 1.86. The summed E-state index contributed by atoms with van der Waals surface area (Å²) in [4.78, 5) is 24.4. The van der Waals surface area contributed by atoms with Gasteiger partial charge in [-0.25, -0.2) is 9.36 Å². The van der Waals surface area contributed by atoms with Gasteiger partial charge in [0.25, 0.3) is 5.56 Å². The van der Waals surface area contributed by atoms with Crippen molar-refractivity contribution >= 4 is 15.9 Å². The minimum absolute atomic E-state index is 0.243. The number of aromatic amines is 1. The first-order valence-corrected chi connectivity index (χ1v) is 5.72. The van der Waals surface area contributed by atoms with Crippen molar-refractivity contribution in [3.63, 3.8) is 0 Å². The molecule has 0 bridgehead atoms. The largest absolute Gasteiger partial charge is 0.492 e. The Morgan fingerprint density at radius 1 is 1.39 bits per heavy atom. The van der Waals surface area contributed by atoms with Gasteiger partial charge in [-0.05, 0) is 34.5 Å². The number of aryl methyl sites for hydroxylation is 1. The average Bonchev–Trinajstić information content (AvgIpc) is 2.32. The monoisotopic (exact) mass is 314 g/mol. The van der Waals surface area contributed by atoms with E-state index in [-0.39, 0.29) is 5.69 Å². The number of hydrogen-bond donors (Lipinski definition) is 2. The van der Waals surface area contributed by atoms with Crippen molar-refractivity contribution in [3.8, 4) is 11.6 Å². The van der Waals surface area contributed by atoms with E-state index in [4.69, 9.17) is 0 Å². The van der Waals surface area contributed by atoms with Crippen LogP contribution in [0.15, 0.2) is 32.3 Å². The van der Waals surface area contributed by atoms with Gasteiger partial charge in [0.15, 0.2) is 0 Å².